The van der Waals surface area contributed by atoms with E-state index >= 15 is 0 Å². The fourth-order valence-corrected chi connectivity index (χ4v) is 2.20. The number of hydrogen-bond acceptors (Lipinski definition) is 2. The highest BCUT2D eigenvalue weighted by atomic mass is 35.5. The second-order valence-electron chi connectivity index (χ2n) is 4.25. The maximum Gasteiger partial charge on any atom is 0.258 e. The third-order valence-corrected chi connectivity index (χ3v) is 3.69. The Hall–Kier alpha value is -1.42. The quantitative estimate of drug-likeness (QED) is 0.876. The Kier molecular flexibility index (Phi) is 5.74. The van der Waals surface area contributed by atoms with E-state index in [1.165, 1.54) is 0 Å². The van der Waals surface area contributed by atoms with Gasteiger partial charge in [-0.25, -0.2) is 0 Å². The lowest BCUT2D eigenvalue weighted by Gasteiger charge is -2.09. The molecule has 0 aromatic heterocycles. The molecule has 1 N–H and O–H groups in total. The highest BCUT2D eigenvalue weighted by Crippen LogP contribution is 2.31. The molecule has 0 atom stereocenters. The van der Waals surface area contributed by atoms with Gasteiger partial charge in [-0.15, -0.1) is 0 Å². The third kappa shape index (κ3) is 4.81. The van der Waals surface area contributed by atoms with Gasteiger partial charge in [-0.3, -0.25) is 4.79 Å². The molecule has 0 unspecified atom stereocenters. The molecule has 21 heavy (non-hydrogen) atoms. The molecule has 0 saturated carbocycles. The molecule has 0 radical (unpaired) electrons. The number of benzene rings is 2. The normalized spacial score (nSPS) is 10.2. The van der Waals surface area contributed by atoms with Crippen molar-refractivity contribution in [3.63, 3.8) is 0 Å². The van der Waals surface area contributed by atoms with E-state index in [1.54, 1.807) is 30.3 Å². The highest BCUT2D eigenvalue weighted by Gasteiger charge is 2.08. The van der Waals surface area contributed by atoms with Crippen LogP contribution in [0.2, 0.25) is 15.1 Å². The van der Waals surface area contributed by atoms with Gasteiger partial charge in [0.15, 0.2) is 6.61 Å². The molecule has 0 aliphatic carbocycles. The topological polar surface area (TPSA) is 38.3 Å². The predicted molar refractivity (Wildman–Crippen MR) is 85.3 cm³/mol. The monoisotopic (exact) mass is 343 g/mol. The second-order valence-corrected chi connectivity index (χ2v) is 5.47. The van der Waals surface area contributed by atoms with E-state index in [1.807, 2.05) is 12.1 Å². The first kappa shape index (κ1) is 16.0. The lowest BCUT2D eigenvalue weighted by Crippen LogP contribution is -2.28. The van der Waals surface area contributed by atoms with Crippen molar-refractivity contribution in [3.05, 3.63) is 63.1 Å². The minimum Gasteiger partial charge on any atom is -0.482 e. The number of hydrogen-bond donors (Lipinski definition) is 1. The molecule has 1 amide bonds. The Morgan fingerprint density at radius 3 is 2.62 bits per heavy atom. The van der Waals surface area contributed by atoms with Crippen LogP contribution in [0.3, 0.4) is 0 Å². The van der Waals surface area contributed by atoms with E-state index < -0.39 is 0 Å². The van der Waals surface area contributed by atoms with Gasteiger partial charge >= 0.3 is 0 Å². The summed E-state index contributed by atoms with van der Waals surface area (Å²) in [6.07, 6.45) is 0. The molecule has 2 aromatic carbocycles. The Bertz CT molecular complexity index is 647. The Morgan fingerprint density at radius 2 is 1.86 bits per heavy atom. The first-order valence-electron chi connectivity index (χ1n) is 6.14. The predicted octanol–water partition coefficient (Wildman–Crippen LogP) is 4.34. The second kappa shape index (κ2) is 7.55. The molecule has 0 saturated heterocycles. The van der Waals surface area contributed by atoms with Gasteiger partial charge in [0.2, 0.25) is 0 Å². The fraction of sp³-hybridized carbons (Fsp3) is 0.133. The van der Waals surface area contributed by atoms with Crippen LogP contribution < -0.4 is 10.1 Å². The van der Waals surface area contributed by atoms with Crippen LogP contribution in [0.1, 0.15) is 5.56 Å². The number of ether oxygens (including phenoxy) is 1. The van der Waals surface area contributed by atoms with Gasteiger partial charge in [-0.2, -0.15) is 0 Å². The maximum absolute atomic E-state index is 11.7. The van der Waals surface area contributed by atoms with Crippen molar-refractivity contribution >= 4 is 40.7 Å². The smallest absolute Gasteiger partial charge is 0.258 e. The zero-order chi connectivity index (χ0) is 15.2. The molecule has 2 aromatic rings. The fourth-order valence-electron chi connectivity index (χ4n) is 1.64. The standard InChI is InChI=1S/C15H12Cl3NO2/c16-11-4-1-3-10(7-11)8-19-14(20)9-21-13-6-2-5-12(17)15(13)18/h1-7H,8-9H2,(H,19,20). The summed E-state index contributed by atoms with van der Waals surface area (Å²) >= 11 is 17.7. The first-order valence-corrected chi connectivity index (χ1v) is 7.27. The molecule has 0 heterocycles. The molecule has 0 aliphatic rings. The number of halogens is 3. The molecule has 0 aliphatic heterocycles. The molecule has 110 valence electrons. The summed E-state index contributed by atoms with van der Waals surface area (Å²) in [6.45, 7) is 0.243. The van der Waals surface area contributed by atoms with Gasteiger partial charge in [-0.1, -0.05) is 53.0 Å². The number of carbonyl (C=O) groups is 1. The van der Waals surface area contributed by atoms with Crippen LogP contribution in [-0.2, 0) is 11.3 Å². The van der Waals surface area contributed by atoms with Gasteiger partial charge in [-0.05, 0) is 29.8 Å². The summed E-state index contributed by atoms with van der Waals surface area (Å²) in [5.41, 5.74) is 0.914. The molecule has 3 nitrogen and oxygen atoms in total. The Morgan fingerprint density at radius 1 is 1.10 bits per heavy atom. The minimum absolute atomic E-state index is 0.138. The zero-order valence-corrected chi connectivity index (χ0v) is 13.2. The van der Waals surface area contributed by atoms with E-state index in [9.17, 15) is 4.79 Å². The van der Waals surface area contributed by atoms with Crippen LogP contribution in [0.25, 0.3) is 0 Å². The summed E-state index contributed by atoms with van der Waals surface area (Å²) in [4.78, 5) is 11.7. The van der Waals surface area contributed by atoms with Crippen LogP contribution in [0.15, 0.2) is 42.5 Å². The average Bonchev–Trinajstić information content (AvgIpc) is 2.47. The summed E-state index contributed by atoms with van der Waals surface area (Å²) in [5, 5.41) is 4.04. The third-order valence-electron chi connectivity index (χ3n) is 2.65. The number of rotatable bonds is 5. The Balaban J connectivity index is 1.84. The first-order chi connectivity index (χ1) is 10.1. The van der Waals surface area contributed by atoms with E-state index in [-0.39, 0.29) is 12.5 Å². The van der Waals surface area contributed by atoms with E-state index in [2.05, 4.69) is 5.32 Å². The molecule has 0 spiro atoms. The van der Waals surface area contributed by atoms with Crippen molar-refractivity contribution in [1.82, 2.24) is 5.32 Å². The average molecular weight is 345 g/mol. The lowest BCUT2D eigenvalue weighted by atomic mass is 10.2. The van der Waals surface area contributed by atoms with E-state index in [4.69, 9.17) is 39.5 Å². The number of amides is 1. The molecule has 0 fully saturated rings. The van der Waals surface area contributed by atoms with E-state index in [0.717, 1.165) is 5.56 Å². The van der Waals surface area contributed by atoms with Crippen molar-refractivity contribution in [2.24, 2.45) is 0 Å². The maximum atomic E-state index is 11.7. The van der Waals surface area contributed by atoms with Crippen molar-refractivity contribution in [2.75, 3.05) is 6.61 Å². The molecule has 2 rings (SSSR count). The van der Waals surface area contributed by atoms with Crippen molar-refractivity contribution in [1.29, 1.82) is 0 Å². The van der Waals surface area contributed by atoms with E-state index in [0.29, 0.717) is 27.4 Å². The van der Waals surface area contributed by atoms with Gasteiger partial charge in [0.05, 0.1) is 5.02 Å². The van der Waals surface area contributed by atoms with Crippen LogP contribution in [0.4, 0.5) is 0 Å². The van der Waals surface area contributed by atoms with Gasteiger partial charge in [0.25, 0.3) is 5.91 Å². The SMILES string of the molecule is O=C(COc1cccc(Cl)c1Cl)NCc1cccc(Cl)c1. The van der Waals surface area contributed by atoms with Gasteiger partial charge in [0.1, 0.15) is 10.8 Å². The summed E-state index contributed by atoms with van der Waals surface area (Å²) < 4.78 is 5.34. The Labute approximate surface area is 137 Å². The van der Waals surface area contributed by atoms with Crippen molar-refractivity contribution in [2.45, 2.75) is 6.54 Å². The van der Waals surface area contributed by atoms with Crippen molar-refractivity contribution in [3.8, 4) is 5.75 Å². The summed E-state index contributed by atoms with van der Waals surface area (Å²) in [5.74, 6) is 0.119. The largest absolute Gasteiger partial charge is 0.482 e. The molecular formula is C15H12Cl3NO2. The van der Waals surface area contributed by atoms with Crippen LogP contribution in [-0.4, -0.2) is 12.5 Å². The molecule has 0 bridgehead atoms. The summed E-state index contributed by atoms with van der Waals surface area (Å²) in [7, 11) is 0. The highest BCUT2D eigenvalue weighted by molar-refractivity contribution is 6.42. The summed E-state index contributed by atoms with van der Waals surface area (Å²) in [6, 6.07) is 12.3. The zero-order valence-electron chi connectivity index (χ0n) is 10.9. The molecule has 6 heteroatoms. The van der Waals surface area contributed by atoms with Crippen LogP contribution in [0, 0.1) is 0 Å². The van der Waals surface area contributed by atoms with Gasteiger partial charge < -0.3 is 10.1 Å². The minimum atomic E-state index is -0.258. The number of nitrogens with one attached hydrogen (secondary N) is 1. The molecular weight excluding hydrogens is 333 g/mol. The van der Waals surface area contributed by atoms with Crippen molar-refractivity contribution < 1.29 is 9.53 Å². The lowest BCUT2D eigenvalue weighted by molar-refractivity contribution is -0.123. The van der Waals surface area contributed by atoms with Crippen LogP contribution in [0.5, 0.6) is 5.75 Å². The van der Waals surface area contributed by atoms with Gasteiger partial charge in [0, 0.05) is 11.6 Å². The number of carbonyl (C=O) groups excluding carboxylic acids is 1. The van der Waals surface area contributed by atoms with Crippen LogP contribution >= 0.6 is 34.8 Å².